The van der Waals surface area contributed by atoms with Crippen LogP contribution in [0.4, 0.5) is 4.39 Å². The highest BCUT2D eigenvalue weighted by Crippen LogP contribution is 2.31. The number of hydrogen-bond donors (Lipinski definition) is 2. The molecule has 0 heterocycles. The van der Waals surface area contributed by atoms with Crippen LogP contribution < -0.4 is 10.5 Å². The van der Waals surface area contributed by atoms with Crippen LogP contribution in [0.1, 0.15) is 19.3 Å². The average Bonchev–Trinajstić information content (AvgIpc) is 2.65. The quantitative estimate of drug-likeness (QED) is 0.818. The fraction of sp³-hybridized carbons (Fsp3) is 0.500. The summed E-state index contributed by atoms with van der Waals surface area (Å²) in [5.41, 5.74) is 5.36. The predicted molar refractivity (Wildman–Crippen MR) is 58.7 cm³/mol. The summed E-state index contributed by atoms with van der Waals surface area (Å²) in [5, 5.41) is 9.11. The molecule has 2 unspecified atom stereocenters. The topological polar surface area (TPSA) is 55.5 Å². The van der Waals surface area contributed by atoms with Crippen molar-refractivity contribution in [2.24, 2.45) is 5.73 Å². The maximum atomic E-state index is 13.3. The number of para-hydroxylation sites is 1. The van der Waals surface area contributed by atoms with Gasteiger partial charge in [0.2, 0.25) is 0 Å². The lowest BCUT2D eigenvalue weighted by atomic mass is 10.0. The smallest absolute Gasteiger partial charge is 0.165 e. The summed E-state index contributed by atoms with van der Waals surface area (Å²) in [6.45, 7) is -0.0515. The fourth-order valence-corrected chi connectivity index (χ4v) is 2.07. The summed E-state index contributed by atoms with van der Waals surface area (Å²) in [4.78, 5) is 0. The first-order valence-electron chi connectivity index (χ1n) is 5.44. The third-order valence-corrected chi connectivity index (χ3v) is 3.04. The first-order valence-corrected chi connectivity index (χ1v) is 5.44. The molecule has 3 nitrogen and oxygen atoms in total. The van der Waals surface area contributed by atoms with E-state index in [9.17, 15) is 4.39 Å². The lowest BCUT2D eigenvalue weighted by Gasteiger charge is -2.21. The van der Waals surface area contributed by atoms with Crippen LogP contribution in [0.25, 0.3) is 0 Å². The second-order valence-electron chi connectivity index (χ2n) is 4.43. The van der Waals surface area contributed by atoms with Crippen LogP contribution in [0.3, 0.4) is 0 Å². The van der Waals surface area contributed by atoms with Crippen molar-refractivity contribution < 1.29 is 14.2 Å². The lowest BCUT2D eigenvalue weighted by molar-refractivity contribution is 0.162. The van der Waals surface area contributed by atoms with Crippen LogP contribution in [-0.2, 0) is 0 Å². The first kappa shape index (κ1) is 11.4. The second kappa shape index (κ2) is 4.39. The Morgan fingerprint density at radius 1 is 1.50 bits per heavy atom. The molecule has 0 saturated heterocycles. The number of halogens is 1. The van der Waals surface area contributed by atoms with E-state index in [0.29, 0.717) is 12.8 Å². The molecule has 1 aromatic rings. The zero-order valence-corrected chi connectivity index (χ0v) is 9.03. The van der Waals surface area contributed by atoms with Crippen molar-refractivity contribution in [1.82, 2.24) is 0 Å². The van der Waals surface area contributed by atoms with Gasteiger partial charge in [-0.15, -0.1) is 0 Å². The summed E-state index contributed by atoms with van der Waals surface area (Å²) in [7, 11) is 0. The maximum Gasteiger partial charge on any atom is 0.165 e. The largest absolute Gasteiger partial charge is 0.487 e. The molecular formula is C12H16FNO2. The Balaban J connectivity index is 2.00. The Bertz CT molecular complexity index is 372. The van der Waals surface area contributed by atoms with Gasteiger partial charge in [0.1, 0.15) is 6.10 Å². The molecule has 4 heteroatoms. The second-order valence-corrected chi connectivity index (χ2v) is 4.43. The molecule has 3 N–H and O–H groups in total. The number of nitrogens with two attached hydrogens (primary N) is 1. The van der Waals surface area contributed by atoms with Gasteiger partial charge in [-0.05, 0) is 25.0 Å². The zero-order chi connectivity index (χ0) is 11.6. The Labute approximate surface area is 94.0 Å². The number of aliphatic hydroxyl groups is 1. The molecule has 0 spiro atoms. The van der Waals surface area contributed by atoms with Gasteiger partial charge in [-0.25, -0.2) is 4.39 Å². The highest BCUT2D eigenvalue weighted by atomic mass is 19.1. The maximum absolute atomic E-state index is 13.3. The number of aliphatic hydroxyl groups excluding tert-OH is 1. The van der Waals surface area contributed by atoms with Gasteiger partial charge in [0.05, 0.1) is 6.61 Å². The van der Waals surface area contributed by atoms with E-state index in [1.807, 2.05) is 0 Å². The molecule has 0 aromatic heterocycles. The molecule has 1 aliphatic carbocycles. The third-order valence-electron chi connectivity index (χ3n) is 3.04. The van der Waals surface area contributed by atoms with E-state index in [2.05, 4.69) is 0 Å². The average molecular weight is 225 g/mol. The number of hydrogen-bond acceptors (Lipinski definition) is 3. The minimum atomic E-state index is -0.560. The van der Waals surface area contributed by atoms with Crippen LogP contribution in [-0.4, -0.2) is 23.4 Å². The molecule has 2 atom stereocenters. The number of rotatable bonds is 3. The van der Waals surface area contributed by atoms with Crippen molar-refractivity contribution in [2.75, 3.05) is 6.61 Å². The van der Waals surface area contributed by atoms with Gasteiger partial charge in [-0.3, -0.25) is 0 Å². The van der Waals surface area contributed by atoms with Crippen molar-refractivity contribution in [2.45, 2.75) is 30.9 Å². The highest BCUT2D eigenvalue weighted by molar-refractivity contribution is 5.24. The number of ether oxygens (including phenoxy) is 1. The van der Waals surface area contributed by atoms with E-state index in [1.165, 1.54) is 6.07 Å². The molecule has 1 aromatic carbocycles. The Kier molecular flexibility index (Phi) is 3.12. The monoisotopic (exact) mass is 225 g/mol. The normalized spacial score (nSPS) is 29.3. The van der Waals surface area contributed by atoms with Gasteiger partial charge in [-0.1, -0.05) is 12.1 Å². The Morgan fingerprint density at radius 3 is 2.88 bits per heavy atom. The molecule has 0 aliphatic heterocycles. The lowest BCUT2D eigenvalue weighted by Crippen LogP contribution is -2.41. The van der Waals surface area contributed by atoms with Gasteiger partial charge in [0, 0.05) is 12.0 Å². The van der Waals surface area contributed by atoms with Gasteiger partial charge >= 0.3 is 0 Å². The SMILES string of the molecule is NC1(CO)CCC(Oc2ccccc2F)C1. The number of benzene rings is 1. The van der Waals surface area contributed by atoms with E-state index in [4.69, 9.17) is 15.6 Å². The highest BCUT2D eigenvalue weighted by Gasteiger charge is 2.36. The molecule has 88 valence electrons. The standard InChI is InChI=1S/C12H16FNO2/c13-10-3-1-2-4-11(10)16-9-5-6-12(14,7-9)8-15/h1-4,9,15H,5-8,14H2. The molecule has 0 bridgehead atoms. The predicted octanol–water partition coefficient (Wildman–Crippen LogP) is 1.45. The summed E-state index contributed by atoms with van der Waals surface area (Å²) in [6.07, 6.45) is 1.93. The zero-order valence-electron chi connectivity index (χ0n) is 9.03. The molecule has 0 radical (unpaired) electrons. The van der Waals surface area contributed by atoms with E-state index in [-0.39, 0.29) is 24.3 Å². The third kappa shape index (κ3) is 2.33. The molecule has 1 aliphatic rings. The van der Waals surface area contributed by atoms with Crippen molar-refractivity contribution in [3.05, 3.63) is 30.1 Å². The van der Waals surface area contributed by atoms with Gasteiger partial charge in [-0.2, -0.15) is 0 Å². The van der Waals surface area contributed by atoms with E-state index >= 15 is 0 Å². The van der Waals surface area contributed by atoms with Gasteiger partial charge < -0.3 is 15.6 Å². The summed E-state index contributed by atoms with van der Waals surface area (Å²) >= 11 is 0. The molecule has 0 amide bonds. The molecule has 1 saturated carbocycles. The van der Waals surface area contributed by atoms with Crippen LogP contribution in [0.15, 0.2) is 24.3 Å². The van der Waals surface area contributed by atoms with Crippen LogP contribution in [0, 0.1) is 5.82 Å². The van der Waals surface area contributed by atoms with E-state index in [0.717, 1.165) is 6.42 Å². The van der Waals surface area contributed by atoms with Gasteiger partial charge in [0.25, 0.3) is 0 Å². The fourth-order valence-electron chi connectivity index (χ4n) is 2.07. The van der Waals surface area contributed by atoms with Crippen LogP contribution in [0.2, 0.25) is 0 Å². The van der Waals surface area contributed by atoms with E-state index < -0.39 is 5.54 Å². The minimum Gasteiger partial charge on any atom is -0.487 e. The van der Waals surface area contributed by atoms with Crippen molar-refractivity contribution >= 4 is 0 Å². The summed E-state index contributed by atoms with van der Waals surface area (Å²) in [6, 6.07) is 6.32. The van der Waals surface area contributed by atoms with Crippen molar-refractivity contribution in [3.8, 4) is 5.75 Å². The first-order chi connectivity index (χ1) is 7.63. The van der Waals surface area contributed by atoms with Gasteiger partial charge in [0.15, 0.2) is 11.6 Å². The van der Waals surface area contributed by atoms with E-state index in [1.54, 1.807) is 18.2 Å². The molecule has 1 fully saturated rings. The van der Waals surface area contributed by atoms with Crippen molar-refractivity contribution in [1.29, 1.82) is 0 Å². The summed E-state index contributed by atoms with van der Waals surface area (Å²) in [5.74, 6) is -0.101. The van der Waals surface area contributed by atoms with Crippen LogP contribution >= 0.6 is 0 Å². The minimum absolute atomic E-state index is 0.0515. The Hall–Kier alpha value is -1.13. The Morgan fingerprint density at radius 2 is 2.25 bits per heavy atom. The molecule has 2 rings (SSSR count). The summed E-state index contributed by atoms with van der Waals surface area (Å²) < 4.78 is 18.8. The molecular weight excluding hydrogens is 209 g/mol. The van der Waals surface area contributed by atoms with Crippen molar-refractivity contribution in [3.63, 3.8) is 0 Å². The van der Waals surface area contributed by atoms with Crippen LogP contribution in [0.5, 0.6) is 5.75 Å². The molecule has 16 heavy (non-hydrogen) atoms.